The van der Waals surface area contributed by atoms with E-state index >= 15 is 0 Å². The summed E-state index contributed by atoms with van der Waals surface area (Å²) < 4.78 is 0. The first-order valence-corrected chi connectivity index (χ1v) is 6.19. The highest BCUT2D eigenvalue weighted by molar-refractivity contribution is 5.79. The van der Waals surface area contributed by atoms with E-state index in [0.717, 1.165) is 19.3 Å². The molecule has 2 heteroatoms. The smallest absolute Gasteiger partial charge is 0.223 e. The van der Waals surface area contributed by atoms with Gasteiger partial charge in [0.05, 0.1) is 0 Å². The van der Waals surface area contributed by atoms with E-state index in [4.69, 9.17) is 0 Å². The van der Waals surface area contributed by atoms with Crippen LogP contribution in [-0.2, 0) is 11.2 Å². The molecule has 2 aliphatic rings. The van der Waals surface area contributed by atoms with Gasteiger partial charge in [-0.15, -0.1) is 0 Å². The van der Waals surface area contributed by atoms with Crippen molar-refractivity contribution in [1.82, 2.24) is 4.90 Å². The van der Waals surface area contributed by atoms with Gasteiger partial charge in [0.1, 0.15) is 0 Å². The Morgan fingerprint density at radius 1 is 1.12 bits per heavy atom. The fraction of sp³-hybridized carbons (Fsp3) is 0.500. The van der Waals surface area contributed by atoms with Crippen molar-refractivity contribution < 1.29 is 4.79 Å². The second-order valence-electron chi connectivity index (χ2n) is 4.91. The van der Waals surface area contributed by atoms with E-state index in [1.807, 2.05) is 6.07 Å². The van der Waals surface area contributed by atoms with Gasteiger partial charge in [-0.05, 0) is 31.2 Å². The number of rotatable bonds is 2. The quantitative estimate of drug-likeness (QED) is 0.741. The minimum absolute atomic E-state index is 0.378. The Morgan fingerprint density at radius 3 is 2.75 bits per heavy atom. The molecule has 1 aromatic carbocycles. The van der Waals surface area contributed by atoms with Crippen LogP contribution in [0.2, 0.25) is 0 Å². The Bertz CT molecular complexity index is 387. The number of hydrogen-bond donors (Lipinski definition) is 0. The van der Waals surface area contributed by atoms with E-state index in [2.05, 4.69) is 29.2 Å². The van der Waals surface area contributed by atoms with Crippen molar-refractivity contribution in [3.63, 3.8) is 0 Å². The highest BCUT2D eigenvalue weighted by Gasteiger charge is 2.40. The van der Waals surface area contributed by atoms with Crippen LogP contribution in [0, 0.1) is 0 Å². The van der Waals surface area contributed by atoms with Crippen molar-refractivity contribution in [2.45, 2.75) is 44.2 Å². The second-order valence-corrected chi connectivity index (χ2v) is 4.91. The summed E-state index contributed by atoms with van der Waals surface area (Å²) in [7, 11) is 0. The number of amides is 1. The van der Waals surface area contributed by atoms with Crippen LogP contribution in [0.15, 0.2) is 30.3 Å². The normalized spacial score (nSPS) is 28.5. The predicted octanol–water partition coefficient (Wildman–Crippen LogP) is 2.38. The molecule has 2 aliphatic heterocycles. The van der Waals surface area contributed by atoms with Crippen LogP contribution < -0.4 is 0 Å². The van der Waals surface area contributed by atoms with Crippen LogP contribution >= 0.6 is 0 Å². The SMILES string of the molecule is O=C1CC[C@H]2CC[C@H](Cc3ccccc3)N12. The minimum atomic E-state index is 0.378. The Hall–Kier alpha value is -1.31. The number of carbonyl (C=O) groups is 1. The standard InChI is InChI=1S/C14H17NO/c16-14-9-8-12-6-7-13(15(12)14)10-11-4-2-1-3-5-11/h1-5,12-13H,6-10H2/t12-,13-/m1/s1. The van der Waals surface area contributed by atoms with Crippen LogP contribution in [-0.4, -0.2) is 22.9 Å². The van der Waals surface area contributed by atoms with E-state index < -0.39 is 0 Å². The lowest BCUT2D eigenvalue weighted by molar-refractivity contribution is -0.129. The maximum absolute atomic E-state index is 11.8. The van der Waals surface area contributed by atoms with Crippen molar-refractivity contribution in [3.8, 4) is 0 Å². The fourth-order valence-corrected chi connectivity index (χ4v) is 3.16. The zero-order chi connectivity index (χ0) is 11.0. The lowest BCUT2D eigenvalue weighted by atomic mass is 10.0. The van der Waals surface area contributed by atoms with Gasteiger partial charge in [0.2, 0.25) is 5.91 Å². The van der Waals surface area contributed by atoms with Crippen molar-refractivity contribution in [2.75, 3.05) is 0 Å². The molecule has 0 aliphatic carbocycles. The third kappa shape index (κ3) is 1.62. The molecular formula is C14H17NO. The van der Waals surface area contributed by atoms with Gasteiger partial charge in [0, 0.05) is 18.5 Å². The number of hydrogen-bond acceptors (Lipinski definition) is 1. The maximum atomic E-state index is 11.8. The second kappa shape index (κ2) is 3.93. The molecular weight excluding hydrogens is 198 g/mol. The molecule has 0 aromatic heterocycles. The number of fused-ring (bicyclic) bond motifs is 1. The molecule has 3 rings (SSSR count). The van der Waals surface area contributed by atoms with Crippen LogP contribution in [0.5, 0.6) is 0 Å². The lowest BCUT2D eigenvalue weighted by Crippen LogP contribution is -2.36. The molecule has 2 nitrogen and oxygen atoms in total. The molecule has 0 bridgehead atoms. The molecule has 0 saturated carbocycles. The topological polar surface area (TPSA) is 20.3 Å². The fourth-order valence-electron chi connectivity index (χ4n) is 3.16. The maximum Gasteiger partial charge on any atom is 0.223 e. The Labute approximate surface area is 96.3 Å². The van der Waals surface area contributed by atoms with Crippen LogP contribution in [0.25, 0.3) is 0 Å². The zero-order valence-electron chi connectivity index (χ0n) is 9.43. The number of carbonyl (C=O) groups excluding carboxylic acids is 1. The first kappa shape index (κ1) is 9.88. The van der Waals surface area contributed by atoms with Gasteiger partial charge < -0.3 is 4.90 Å². The third-order valence-electron chi connectivity index (χ3n) is 3.91. The average molecular weight is 215 g/mol. The van der Waals surface area contributed by atoms with Crippen molar-refractivity contribution in [3.05, 3.63) is 35.9 Å². The van der Waals surface area contributed by atoms with Crippen molar-refractivity contribution >= 4 is 5.91 Å². The predicted molar refractivity (Wildman–Crippen MR) is 63.0 cm³/mol. The summed E-state index contributed by atoms with van der Waals surface area (Å²) in [5.41, 5.74) is 1.35. The molecule has 0 N–H and O–H groups in total. The third-order valence-corrected chi connectivity index (χ3v) is 3.91. The van der Waals surface area contributed by atoms with Gasteiger partial charge in [-0.2, -0.15) is 0 Å². The molecule has 84 valence electrons. The highest BCUT2D eigenvalue weighted by atomic mass is 16.2. The summed E-state index contributed by atoms with van der Waals surface area (Å²) in [5.74, 6) is 0.378. The van der Waals surface area contributed by atoms with Gasteiger partial charge in [0.25, 0.3) is 0 Å². The van der Waals surface area contributed by atoms with Gasteiger partial charge in [-0.25, -0.2) is 0 Å². The molecule has 0 radical (unpaired) electrons. The average Bonchev–Trinajstić information content (AvgIpc) is 2.86. The molecule has 1 amide bonds. The van der Waals surface area contributed by atoms with Gasteiger partial charge in [-0.3, -0.25) is 4.79 Å². The highest BCUT2D eigenvalue weighted by Crippen LogP contribution is 2.34. The Balaban J connectivity index is 1.74. The summed E-state index contributed by atoms with van der Waals surface area (Å²) in [5, 5.41) is 0. The van der Waals surface area contributed by atoms with Crippen molar-refractivity contribution in [1.29, 1.82) is 0 Å². The van der Waals surface area contributed by atoms with E-state index in [0.29, 0.717) is 18.0 Å². The molecule has 1 aromatic rings. The molecule has 0 spiro atoms. The minimum Gasteiger partial charge on any atom is -0.336 e. The lowest BCUT2D eigenvalue weighted by Gasteiger charge is -2.24. The summed E-state index contributed by atoms with van der Waals surface area (Å²) in [6, 6.07) is 11.5. The van der Waals surface area contributed by atoms with Gasteiger partial charge in [-0.1, -0.05) is 30.3 Å². The van der Waals surface area contributed by atoms with E-state index in [-0.39, 0.29) is 0 Å². The first-order chi connectivity index (χ1) is 7.84. The van der Waals surface area contributed by atoms with E-state index in [1.165, 1.54) is 18.4 Å². The Kier molecular flexibility index (Phi) is 2.43. The van der Waals surface area contributed by atoms with Gasteiger partial charge in [0.15, 0.2) is 0 Å². The van der Waals surface area contributed by atoms with E-state index in [9.17, 15) is 4.79 Å². The molecule has 2 atom stereocenters. The zero-order valence-corrected chi connectivity index (χ0v) is 9.43. The van der Waals surface area contributed by atoms with Gasteiger partial charge >= 0.3 is 0 Å². The van der Waals surface area contributed by atoms with Crippen LogP contribution in [0.3, 0.4) is 0 Å². The molecule has 2 heterocycles. The molecule has 16 heavy (non-hydrogen) atoms. The monoisotopic (exact) mass is 215 g/mol. The largest absolute Gasteiger partial charge is 0.336 e. The summed E-state index contributed by atoms with van der Waals surface area (Å²) >= 11 is 0. The summed E-state index contributed by atoms with van der Waals surface area (Å²) in [4.78, 5) is 13.9. The number of benzene rings is 1. The molecule has 0 unspecified atom stereocenters. The summed E-state index contributed by atoms with van der Waals surface area (Å²) in [6.07, 6.45) is 5.29. The summed E-state index contributed by atoms with van der Waals surface area (Å²) in [6.45, 7) is 0. The Morgan fingerprint density at radius 2 is 1.94 bits per heavy atom. The first-order valence-electron chi connectivity index (χ1n) is 6.19. The van der Waals surface area contributed by atoms with Crippen LogP contribution in [0.4, 0.5) is 0 Å². The van der Waals surface area contributed by atoms with E-state index in [1.54, 1.807) is 0 Å². The molecule has 2 saturated heterocycles. The number of nitrogens with zero attached hydrogens (tertiary/aromatic N) is 1. The van der Waals surface area contributed by atoms with Crippen molar-refractivity contribution in [2.24, 2.45) is 0 Å². The molecule has 2 fully saturated rings. The van der Waals surface area contributed by atoms with Crippen LogP contribution in [0.1, 0.15) is 31.2 Å².